The zero-order chi connectivity index (χ0) is 14.0. The van der Waals surface area contributed by atoms with Crippen LogP contribution in [0.25, 0.3) is 0 Å². The quantitative estimate of drug-likeness (QED) is 0.919. The predicted octanol–water partition coefficient (Wildman–Crippen LogP) is 2.02. The third-order valence-electron chi connectivity index (χ3n) is 3.86. The van der Waals surface area contributed by atoms with Gasteiger partial charge in [-0.05, 0) is 43.4 Å². The van der Waals surface area contributed by atoms with Crippen molar-refractivity contribution in [2.24, 2.45) is 5.73 Å². The molecule has 1 heterocycles. The Morgan fingerprint density at radius 3 is 2.74 bits per heavy atom. The van der Waals surface area contributed by atoms with Crippen molar-refractivity contribution in [1.82, 2.24) is 4.31 Å². The third-order valence-corrected chi connectivity index (χ3v) is 5.97. The Morgan fingerprint density at radius 2 is 2.16 bits per heavy atom. The fourth-order valence-corrected chi connectivity index (χ4v) is 4.76. The Labute approximate surface area is 115 Å². The number of hydrogen-bond donors (Lipinski definition) is 1. The summed E-state index contributed by atoms with van der Waals surface area (Å²) >= 11 is 0. The van der Waals surface area contributed by atoms with Crippen molar-refractivity contribution in [3.05, 3.63) is 29.3 Å². The van der Waals surface area contributed by atoms with E-state index in [9.17, 15) is 8.42 Å². The standard InChI is InChI=1S/C14H22N2O2S/c1-3-13-5-4-8-16(13)19(17,18)14-7-6-12(10-15)9-11(14)2/h6-7,9,13H,3-5,8,10,15H2,1-2H3. The molecule has 1 aromatic rings. The average molecular weight is 282 g/mol. The minimum absolute atomic E-state index is 0.151. The fourth-order valence-electron chi connectivity index (χ4n) is 2.79. The largest absolute Gasteiger partial charge is 0.326 e. The highest BCUT2D eigenvalue weighted by Gasteiger charge is 2.34. The fraction of sp³-hybridized carbons (Fsp3) is 0.571. The van der Waals surface area contributed by atoms with Crippen molar-refractivity contribution < 1.29 is 8.42 Å². The number of sulfonamides is 1. The number of hydrogen-bond acceptors (Lipinski definition) is 3. The summed E-state index contributed by atoms with van der Waals surface area (Å²) in [5.41, 5.74) is 7.33. The normalized spacial score (nSPS) is 20.9. The molecule has 0 aliphatic carbocycles. The van der Waals surface area contributed by atoms with Gasteiger partial charge in [-0.2, -0.15) is 4.31 Å². The lowest BCUT2D eigenvalue weighted by atomic mass is 10.1. The minimum Gasteiger partial charge on any atom is -0.326 e. The van der Waals surface area contributed by atoms with Gasteiger partial charge >= 0.3 is 0 Å². The number of nitrogens with two attached hydrogens (primary N) is 1. The van der Waals surface area contributed by atoms with Gasteiger partial charge in [-0.1, -0.05) is 19.1 Å². The van der Waals surface area contributed by atoms with Crippen molar-refractivity contribution in [2.75, 3.05) is 6.54 Å². The van der Waals surface area contributed by atoms with E-state index in [0.717, 1.165) is 30.4 Å². The van der Waals surface area contributed by atoms with E-state index in [1.165, 1.54) is 0 Å². The van der Waals surface area contributed by atoms with Crippen LogP contribution in [-0.2, 0) is 16.6 Å². The first-order chi connectivity index (χ1) is 9.00. The van der Waals surface area contributed by atoms with Crippen LogP contribution in [0.1, 0.15) is 37.3 Å². The second-order valence-corrected chi connectivity index (χ2v) is 6.98. The molecule has 5 heteroatoms. The van der Waals surface area contributed by atoms with E-state index in [0.29, 0.717) is 18.0 Å². The van der Waals surface area contributed by atoms with Crippen molar-refractivity contribution in [3.8, 4) is 0 Å². The van der Waals surface area contributed by atoms with Crippen LogP contribution in [-0.4, -0.2) is 25.3 Å². The van der Waals surface area contributed by atoms with E-state index in [1.807, 2.05) is 19.9 Å². The molecule has 2 rings (SSSR count). The maximum atomic E-state index is 12.7. The average Bonchev–Trinajstić information content (AvgIpc) is 2.87. The maximum Gasteiger partial charge on any atom is 0.243 e. The van der Waals surface area contributed by atoms with E-state index < -0.39 is 10.0 Å². The van der Waals surface area contributed by atoms with Crippen LogP contribution in [0.15, 0.2) is 23.1 Å². The van der Waals surface area contributed by atoms with Crippen LogP contribution < -0.4 is 5.73 Å². The van der Waals surface area contributed by atoms with Crippen molar-refractivity contribution in [2.45, 2.75) is 50.6 Å². The zero-order valence-electron chi connectivity index (χ0n) is 11.6. The highest BCUT2D eigenvalue weighted by molar-refractivity contribution is 7.89. The smallest absolute Gasteiger partial charge is 0.243 e. The second-order valence-electron chi connectivity index (χ2n) is 5.12. The molecule has 4 nitrogen and oxygen atoms in total. The summed E-state index contributed by atoms with van der Waals surface area (Å²) in [4.78, 5) is 0.421. The van der Waals surface area contributed by atoms with E-state index in [2.05, 4.69) is 0 Å². The van der Waals surface area contributed by atoms with Crippen LogP contribution >= 0.6 is 0 Å². The van der Waals surface area contributed by atoms with E-state index in [-0.39, 0.29) is 6.04 Å². The van der Waals surface area contributed by atoms with Crippen LogP contribution in [0.5, 0.6) is 0 Å². The lowest BCUT2D eigenvalue weighted by Crippen LogP contribution is -2.35. The number of rotatable bonds is 4. The number of benzene rings is 1. The number of aryl methyl sites for hydroxylation is 1. The van der Waals surface area contributed by atoms with E-state index >= 15 is 0 Å². The Kier molecular flexibility index (Phi) is 4.28. The lowest BCUT2D eigenvalue weighted by molar-refractivity contribution is 0.379. The van der Waals surface area contributed by atoms with Gasteiger partial charge in [0.1, 0.15) is 0 Å². The first-order valence-electron chi connectivity index (χ1n) is 6.82. The maximum absolute atomic E-state index is 12.7. The molecule has 0 spiro atoms. The molecule has 1 unspecified atom stereocenters. The molecule has 0 amide bonds. The summed E-state index contributed by atoms with van der Waals surface area (Å²) < 4.78 is 27.1. The van der Waals surface area contributed by atoms with E-state index in [1.54, 1.807) is 16.4 Å². The predicted molar refractivity (Wildman–Crippen MR) is 76.3 cm³/mol. The second kappa shape index (κ2) is 5.61. The van der Waals surface area contributed by atoms with Crippen LogP contribution in [0, 0.1) is 6.92 Å². The molecule has 1 aliphatic rings. The summed E-state index contributed by atoms with van der Waals surface area (Å²) in [5.74, 6) is 0. The summed E-state index contributed by atoms with van der Waals surface area (Å²) in [6, 6.07) is 5.51. The van der Waals surface area contributed by atoms with Gasteiger partial charge in [0.25, 0.3) is 0 Å². The van der Waals surface area contributed by atoms with Crippen molar-refractivity contribution in [3.63, 3.8) is 0 Å². The minimum atomic E-state index is -3.36. The summed E-state index contributed by atoms with van der Waals surface area (Å²) in [5, 5.41) is 0. The van der Waals surface area contributed by atoms with Crippen LogP contribution in [0.4, 0.5) is 0 Å². The van der Waals surface area contributed by atoms with Gasteiger partial charge in [0.15, 0.2) is 0 Å². The zero-order valence-corrected chi connectivity index (χ0v) is 12.4. The highest BCUT2D eigenvalue weighted by atomic mass is 32.2. The van der Waals surface area contributed by atoms with E-state index in [4.69, 9.17) is 5.73 Å². The molecule has 0 radical (unpaired) electrons. The Morgan fingerprint density at radius 1 is 1.42 bits per heavy atom. The molecule has 1 aliphatic heterocycles. The first kappa shape index (κ1) is 14.5. The Hall–Kier alpha value is -0.910. The molecule has 0 bridgehead atoms. The molecular formula is C14H22N2O2S. The Bertz CT molecular complexity index is 555. The first-order valence-corrected chi connectivity index (χ1v) is 8.26. The lowest BCUT2D eigenvalue weighted by Gasteiger charge is -2.24. The Balaban J connectivity index is 2.39. The van der Waals surface area contributed by atoms with Crippen molar-refractivity contribution in [1.29, 1.82) is 0 Å². The molecule has 1 fully saturated rings. The third kappa shape index (κ3) is 2.68. The summed E-state index contributed by atoms with van der Waals surface area (Å²) in [6.45, 7) is 4.95. The topological polar surface area (TPSA) is 63.4 Å². The van der Waals surface area contributed by atoms with Gasteiger partial charge in [-0.15, -0.1) is 0 Å². The number of nitrogens with zero attached hydrogens (tertiary/aromatic N) is 1. The molecule has 1 atom stereocenters. The van der Waals surface area contributed by atoms with Gasteiger partial charge < -0.3 is 5.73 Å². The van der Waals surface area contributed by atoms with Gasteiger partial charge in [0.2, 0.25) is 10.0 Å². The molecule has 1 aromatic carbocycles. The summed E-state index contributed by atoms with van der Waals surface area (Å²) in [6.07, 6.45) is 2.80. The monoisotopic (exact) mass is 282 g/mol. The highest BCUT2D eigenvalue weighted by Crippen LogP contribution is 2.29. The summed E-state index contributed by atoms with van der Waals surface area (Å²) in [7, 11) is -3.36. The van der Waals surface area contributed by atoms with Crippen LogP contribution in [0.3, 0.4) is 0 Å². The molecule has 106 valence electrons. The molecule has 2 N–H and O–H groups in total. The van der Waals surface area contributed by atoms with Gasteiger partial charge in [-0.3, -0.25) is 0 Å². The van der Waals surface area contributed by atoms with Gasteiger partial charge in [-0.25, -0.2) is 8.42 Å². The molecule has 0 aromatic heterocycles. The van der Waals surface area contributed by atoms with Crippen LogP contribution in [0.2, 0.25) is 0 Å². The molecular weight excluding hydrogens is 260 g/mol. The van der Waals surface area contributed by atoms with Gasteiger partial charge in [0, 0.05) is 19.1 Å². The SMILES string of the molecule is CCC1CCCN1S(=O)(=O)c1ccc(CN)cc1C. The molecule has 1 saturated heterocycles. The van der Waals surface area contributed by atoms with Crippen molar-refractivity contribution >= 4 is 10.0 Å². The molecule has 19 heavy (non-hydrogen) atoms. The molecule has 0 saturated carbocycles. The van der Waals surface area contributed by atoms with Gasteiger partial charge in [0.05, 0.1) is 4.90 Å².